The van der Waals surface area contributed by atoms with Crippen LogP contribution in [0.2, 0.25) is 18.1 Å². The van der Waals surface area contributed by atoms with E-state index in [4.69, 9.17) is 22.9 Å². The van der Waals surface area contributed by atoms with Crippen molar-refractivity contribution in [3.8, 4) is 0 Å². The summed E-state index contributed by atoms with van der Waals surface area (Å²) in [4.78, 5) is 27.3. The van der Waals surface area contributed by atoms with E-state index in [2.05, 4.69) is 38.8 Å². The zero-order valence-corrected chi connectivity index (χ0v) is 22.4. The smallest absolute Gasteiger partial charge is 0.354 e. The van der Waals surface area contributed by atoms with Crippen LogP contribution in [0.5, 0.6) is 0 Å². The Labute approximate surface area is 194 Å². The van der Waals surface area contributed by atoms with Gasteiger partial charge >= 0.3 is 13.3 Å². The maximum absolute atomic E-state index is 13.4. The monoisotopic (exact) mass is 502 g/mol. The number of rotatable bonds is 8. The van der Waals surface area contributed by atoms with Gasteiger partial charge in [0, 0.05) is 24.6 Å². The van der Waals surface area contributed by atoms with E-state index in [1.54, 1.807) is 13.8 Å². The van der Waals surface area contributed by atoms with Crippen molar-refractivity contribution in [2.75, 3.05) is 20.3 Å². The van der Waals surface area contributed by atoms with E-state index in [9.17, 15) is 14.2 Å². The van der Waals surface area contributed by atoms with Crippen LogP contribution >= 0.6 is 7.60 Å². The minimum absolute atomic E-state index is 0.0998. The molecule has 3 rings (SSSR count). The van der Waals surface area contributed by atoms with Gasteiger partial charge in [-0.3, -0.25) is 18.9 Å². The van der Waals surface area contributed by atoms with Crippen LogP contribution in [-0.4, -0.2) is 56.5 Å². The van der Waals surface area contributed by atoms with Gasteiger partial charge in [-0.2, -0.15) is 0 Å². The fraction of sp³-hybridized carbons (Fsp3) is 0.714. The van der Waals surface area contributed by atoms with E-state index in [0.29, 0.717) is 5.57 Å². The third-order valence-electron chi connectivity index (χ3n) is 6.45. The maximum atomic E-state index is 13.4. The lowest BCUT2D eigenvalue weighted by atomic mass is 10.0. The van der Waals surface area contributed by atoms with Gasteiger partial charge in [0.05, 0.1) is 18.9 Å². The van der Waals surface area contributed by atoms with Crippen molar-refractivity contribution in [2.24, 2.45) is 0 Å². The molecule has 4 atom stereocenters. The molecule has 0 aliphatic carbocycles. The molecule has 2 unspecified atom stereocenters. The molecule has 1 aromatic rings. The standard InChI is InChI=1S/C21H35N2O8PSi/c1-9-28-32(26,29-10-2)12-13-14-11-15(24)22-20(25)23(14)19-18(27-6)17(16(13)30-19)31-33(7,8)21(3,4)5/h11-12,16-19H,9-10H2,1-8H3,(H,22,24,25)/b13-12+/t16-,17?,18?,19-/m1/s1. The fourth-order valence-corrected chi connectivity index (χ4v) is 6.76. The molecule has 1 aromatic heterocycles. The SMILES string of the molecule is CCOP(=O)(/C=C1\c2cc(=O)[nH]c(=O)n2[C@@H]2O[C@H]1C(O[Si](C)(C)C(C)(C)C)C2OC)OCC. The Balaban J connectivity index is 2.24. The zero-order valence-electron chi connectivity index (χ0n) is 20.5. The molecular weight excluding hydrogens is 467 g/mol. The highest BCUT2D eigenvalue weighted by Gasteiger charge is 2.56. The van der Waals surface area contributed by atoms with Gasteiger partial charge in [-0.25, -0.2) is 4.79 Å². The van der Waals surface area contributed by atoms with Crippen LogP contribution < -0.4 is 11.2 Å². The van der Waals surface area contributed by atoms with Crippen molar-refractivity contribution in [1.29, 1.82) is 0 Å². The van der Waals surface area contributed by atoms with Crippen molar-refractivity contribution in [3.05, 3.63) is 38.4 Å². The van der Waals surface area contributed by atoms with Gasteiger partial charge < -0.3 is 22.9 Å². The normalized spacial score (nSPS) is 26.6. The number of fused-ring (bicyclic) bond motifs is 4. The topological polar surface area (TPSA) is 118 Å². The largest absolute Gasteiger partial charge is 0.408 e. The second kappa shape index (κ2) is 9.37. The molecule has 3 heterocycles. The van der Waals surface area contributed by atoms with Crippen molar-refractivity contribution in [3.63, 3.8) is 0 Å². The summed E-state index contributed by atoms with van der Waals surface area (Å²) in [6.07, 6.45) is -2.77. The molecule has 0 saturated carbocycles. The summed E-state index contributed by atoms with van der Waals surface area (Å²) >= 11 is 0. The Morgan fingerprint density at radius 2 is 1.79 bits per heavy atom. The molecule has 2 aliphatic rings. The van der Waals surface area contributed by atoms with Crippen LogP contribution in [0.3, 0.4) is 0 Å². The van der Waals surface area contributed by atoms with Crippen LogP contribution in [0.1, 0.15) is 46.5 Å². The van der Waals surface area contributed by atoms with Gasteiger partial charge in [-0.15, -0.1) is 0 Å². The number of nitrogens with zero attached hydrogens (tertiary/aromatic N) is 1. The van der Waals surface area contributed by atoms with E-state index in [0.717, 1.165) is 0 Å². The average Bonchev–Trinajstić information content (AvgIpc) is 2.97. The predicted octanol–water partition coefficient (Wildman–Crippen LogP) is 3.46. The molecule has 186 valence electrons. The first-order chi connectivity index (χ1) is 15.3. The third-order valence-corrected chi connectivity index (χ3v) is 12.8. The predicted molar refractivity (Wildman–Crippen MR) is 127 cm³/mol. The molecule has 0 spiro atoms. The van der Waals surface area contributed by atoms with Gasteiger partial charge in [-0.05, 0) is 32.0 Å². The van der Waals surface area contributed by atoms with Crippen molar-refractivity contribution in [2.45, 2.75) is 77.3 Å². The van der Waals surface area contributed by atoms with E-state index in [1.165, 1.54) is 23.6 Å². The minimum atomic E-state index is -3.70. The first-order valence-electron chi connectivity index (χ1n) is 11.1. The van der Waals surface area contributed by atoms with Crippen LogP contribution in [0, 0.1) is 0 Å². The highest BCUT2D eigenvalue weighted by Crippen LogP contribution is 2.55. The lowest BCUT2D eigenvalue weighted by molar-refractivity contribution is -0.0526. The maximum Gasteiger partial charge on any atom is 0.354 e. The highest BCUT2D eigenvalue weighted by molar-refractivity contribution is 7.57. The number of nitrogens with one attached hydrogen (secondary N) is 1. The third kappa shape index (κ3) is 4.91. The highest BCUT2D eigenvalue weighted by atomic mass is 31.2. The molecule has 1 saturated heterocycles. The molecule has 1 N–H and O–H groups in total. The van der Waals surface area contributed by atoms with Gasteiger partial charge in [0.1, 0.15) is 18.3 Å². The van der Waals surface area contributed by atoms with E-state index in [-0.39, 0.29) is 23.9 Å². The summed E-state index contributed by atoms with van der Waals surface area (Å²) in [5.41, 5.74) is -0.586. The van der Waals surface area contributed by atoms with E-state index in [1.807, 2.05) is 0 Å². The first kappa shape index (κ1) is 26.3. The number of methoxy groups -OCH3 is 1. The van der Waals surface area contributed by atoms with Gasteiger partial charge in [0.15, 0.2) is 14.5 Å². The van der Waals surface area contributed by atoms with Crippen LogP contribution in [0.25, 0.3) is 5.57 Å². The van der Waals surface area contributed by atoms with Crippen LogP contribution in [0.4, 0.5) is 0 Å². The molecule has 33 heavy (non-hydrogen) atoms. The number of H-pyrrole nitrogens is 1. The molecule has 0 radical (unpaired) electrons. The minimum Gasteiger partial charge on any atom is -0.408 e. The molecule has 0 amide bonds. The first-order valence-corrected chi connectivity index (χ1v) is 15.6. The quantitative estimate of drug-likeness (QED) is 0.424. The summed E-state index contributed by atoms with van der Waals surface area (Å²) in [7, 11) is -4.48. The number of aromatic amines is 1. The molecule has 12 heteroatoms. The lowest BCUT2D eigenvalue weighted by Crippen LogP contribution is -2.49. The van der Waals surface area contributed by atoms with Crippen LogP contribution in [0.15, 0.2) is 21.5 Å². The second-order valence-corrected chi connectivity index (χ2v) is 16.3. The van der Waals surface area contributed by atoms with Gasteiger partial charge in [0.25, 0.3) is 5.56 Å². The Morgan fingerprint density at radius 1 is 1.18 bits per heavy atom. The number of aromatic nitrogens is 2. The summed E-state index contributed by atoms with van der Waals surface area (Å²) in [5, 5.41) is -0.0998. The zero-order chi connectivity index (χ0) is 24.8. The molecule has 2 bridgehead atoms. The number of ether oxygens (including phenoxy) is 2. The van der Waals surface area contributed by atoms with Gasteiger partial charge in [0.2, 0.25) is 0 Å². The molecule has 2 aliphatic heterocycles. The summed E-state index contributed by atoms with van der Waals surface area (Å²) in [6.45, 7) is 14.3. The summed E-state index contributed by atoms with van der Waals surface area (Å²) in [5.74, 6) is 1.35. The summed E-state index contributed by atoms with van der Waals surface area (Å²) < 4.78 is 44.4. The van der Waals surface area contributed by atoms with Crippen molar-refractivity contribution in [1.82, 2.24) is 9.55 Å². The second-order valence-electron chi connectivity index (χ2n) is 9.64. The Bertz CT molecular complexity index is 1060. The van der Waals surface area contributed by atoms with E-state index >= 15 is 0 Å². The Hall–Kier alpha value is -1.33. The number of hydrogen-bond acceptors (Lipinski definition) is 8. The fourth-order valence-electron chi connectivity index (χ4n) is 3.90. The molecule has 10 nitrogen and oxygen atoms in total. The van der Waals surface area contributed by atoms with Crippen LogP contribution in [-0.2, 0) is 27.5 Å². The number of hydrogen-bond donors (Lipinski definition) is 1. The van der Waals surface area contributed by atoms with Crippen molar-refractivity contribution < 1.29 is 27.5 Å². The summed E-state index contributed by atoms with van der Waals surface area (Å²) in [6, 6.07) is 1.29. The Morgan fingerprint density at radius 3 is 2.30 bits per heavy atom. The average molecular weight is 503 g/mol. The molecule has 0 aromatic carbocycles. The van der Waals surface area contributed by atoms with Gasteiger partial charge in [-0.1, -0.05) is 20.8 Å². The molecule has 1 fully saturated rings. The molecular formula is C21H35N2O8PSi. The lowest BCUT2D eigenvalue weighted by Gasteiger charge is -2.40. The van der Waals surface area contributed by atoms with E-state index < -0.39 is 51.7 Å². The van der Waals surface area contributed by atoms with Crippen molar-refractivity contribution >= 4 is 21.5 Å². The Kier molecular flexibility index (Phi) is 7.46.